The van der Waals surface area contributed by atoms with Crippen LogP contribution in [0.25, 0.3) is 0 Å². The third kappa shape index (κ3) is 6.88. The molecule has 0 fully saturated rings. The second-order valence-corrected chi connectivity index (χ2v) is 6.63. The van der Waals surface area contributed by atoms with Gasteiger partial charge in [-0.2, -0.15) is 0 Å². The van der Waals surface area contributed by atoms with E-state index >= 15 is 0 Å². The molecule has 2 N–H and O–H groups in total. The van der Waals surface area contributed by atoms with Crippen LogP contribution < -0.4 is 20.1 Å². The summed E-state index contributed by atoms with van der Waals surface area (Å²) in [4.78, 5) is 26.2. The third-order valence-corrected chi connectivity index (χ3v) is 4.22. The zero-order valence-corrected chi connectivity index (χ0v) is 17.4. The average Bonchev–Trinajstić information content (AvgIpc) is 2.73. The first kappa shape index (κ1) is 24.0. The highest BCUT2D eigenvalue weighted by molar-refractivity contribution is 5.95. The second-order valence-electron chi connectivity index (χ2n) is 6.63. The van der Waals surface area contributed by atoms with E-state index in [0.717, 1.165) is 6.07 Å². The first-order valence-corrected chi connectivity index (χ1v) is 9.46. The Balaban J connectivity index is 2.01. The molecule has 0 saturated heterocycles. The van der Waals surface area contributed by atoms with Crippen molar-refractivity contribution in [1.82, 2.24) is 4.90 Å². The van der Waals surface area contributed by atoms with Crippen molar-refractivity contribution in [3.63, 3.8) is 0 Å². The minimum absolute atomic E-state index is 0.124. The monoisotopic (exact) mass is 439 g/mol. The number of anilines is 2. The third-order valence-electron chi connectivity index (χ3n) is 4.22. The van der Waals surface area contributed by atoms with E-state index in [-0.39, 0.29) is 13.1 Å². The van der Waals surface area contributed by atoms with E-state index < -0.39 is 35.0 Å². The zero-order chi connectivity index (χ0) is 23.0. The van der Waals surface area contributed by atoms with Gasteiger partial charge >= 0.3 is 0 Å². The molecule has 0 unspecified atom stereocenters. The van der Waals surface area contributed by atoms with Gasteiger partial charge in [-0.3, -0.25) is 14.5 Å². The van der Waals surface area contributed by atoms with Gasteiger partial charge in [0.15, 0.2) is 17.5 Å². The largest absolute Gasteiger partial charge is 0.497 e. The minimum Gasteiger partial charge on any atom is -0.497 e. The molecule has 2 rings (SSSR count). The number of carbonyl (C=O) groups is 2. The highest BCUT2D eigenvalue weighted by Gasteiger charge is 2.18. The van der Waals surface area contributed by atoms with Gasteiger partial charge in [0.25, 0.3) is 0 Å². The molecule has 0 bridgehead atoms. The van der Waals surface area contributed by atoms with Crippen molar-refractivity contribution < 1.29 is 32.2 Å². The molecule has 10 heteroatoms. The van der Waals surface area contributed by atoms with Gasteiger partial charge < -0.3 is 20.1 Å². The molecule has 168 valence electrons. The van der Waals surface area contributed by atoms with Gasteiger partial charge in [0.05, 0.1) is 33.0 Å². The molecule has 2 aromatic carbocycles. The Morgan fingerprint density at radius 1 is 0.903 bits per heavy atom. The number of hydrogen-bond acceptors (Lipinski definition) is 5. The molecule has 0 atom stereocenters. The summed E-state index contributed by atoms with van der Waals surface area (Å²) in [6.45, 7) is 1.90. The summed E-state index contributed by atoms with van der Waals surface area (Å²) in [6, 6.07) is 6.53. The summed E-state index contributed by atoms with van der Waals surface area (Å²) >= 11 is 0. The first-order valence-electron chi connectivity index (χ1n) is 9.46. The van der Waals surface area contributed by atoms with Gasteiger partial charge in [-0.25, -0.2) is 13.2 Å². The number of nitrogens with zero attached hydrogens (tertiary/aromatic N) is 1. The van der Waals surface area contributed by atoms with Crippen LogP contribution in [-0.4, -0.2) is 50.6 Å². The van der Waals surface area contributed by atoms with Gasteiger partial charge in [-0.05, 0) is 25.1 Å². The van der Waals surface area contributed by atoms with Crippen molar-refractivity contribution in [2.75, 3.05) is 44.5 Å². The molecule has 0 aliphatic rings. The van der Waals surface area contributed by atoms with E-state index in [1.54, 1.807) is 23.1 Å². The lowest BCUT2D eigenvalue weighted by Gasteiger charge is -2.21. The molecule has 0 heterocycles. The molecule has 2 aromatic rings. The van der Waals surface area contributed by atoms with Crippen LogP contribution in [0.3, 0.4) is 0 Å². The van der Waals surface area contributed by atoms with Gasteiger partial charge in [0.2, 0.25) is 11.8 Å². The van der Waals surface area contributed by atoms with Crippen LogP contribution in [0.2, 0.25) is 0 Å². The Labute approximate surface area is 178 Å². The van der Waals surface area contributed by atoms with Crippen molar-refractivity contribution in [3.05, 3.63) is 47.8 Å². The lowest BCUT2D eigenvalue weighted by Crippen LogP contribution is -2.39. The van der Waals surface area contributed by atoms with Crippen LogP contribution in [-0.2, 0) is 9.59 Å². The maximum atomic E-state index is 13.8. The summed E-state index contributed by atoms with van der Waals surface area (Å²) in [5, 5.41) is 4.90. The fourth-order valence-corrected chi connectivity index (χ4v) is 2.83. The van der Waals surface area contributed by atoms with E-state index in [1.165, 1.54) is 14.2 Å². The van der Waals surface area contributed by atoms with E-state index in [9.17, 15) is 22.8 Å². The number of ether oxygens (including phenoxy) is 2. The van der Waals surface area contributed by atoms with E-state index in [0.29, 0.717) is 36.2 Å². The number of rotatable bonds is 10. The molecule has 0 aliphatic carbocycles. The minimum atomic E-state index is -1.67. The summed E-state index contributed by atoms with van der Waals surface area (Å²) in [7, 11) is 2.97. The van der Waals surface area contributed by atoms with E-state index in [4.69, 9.17) is 9.47 Å². The van der Waals surface area contributed by atoms with Gasteiger partial charge in [0, 0.05) is 23.9 Å². The predicted octanol–water partition coefficient (Wildman–Crippen LogP) is 3.41. The summed E-state index contributed by atoms with van der Waals surface area (Å²) in [5.74, 6) is -4.59. The van der Waals surface area contributed by atoms with Gasteiger partial charge in [0.1, 0.15) is 11.5 Å². The number of nitrogens with one attached hydrogen (secondary N) is 2. The van der Waals surface area contributed by atoms with E-state index in [2.05, 4.69) is 10.6 Å². The van der Waals surface area contributed by atoms with Crippen LogP contribution in [0.4, 0.5) is 24.5 Å². The summed E-state index contributed by atoms with van der Waals surface area (Å²) in [6.07, 6.45) is 0.646. The fraction of sp³-hybridized carbons (Fsp3) is 0.333. The lowest BCUT2D eigenvalue weighted by atomic mass is 10.2. The number of amides is 2. The van der Waals surface area contributed by atoms with Crippen LogP contribution in [0.1, 0.15) is 13.3 Å². The Bertz CT molecular complexity index is 918. The first-order chi connectivity index (χ1) is 14.8. The Morgan fingerprint density at radius 3 is 2.03 bits per heavy atom. The van der Waals surface area contributed by atoms with Crippen molar-refractivity contribution >= 4 is 23.2 Å². The Hall–Kier alpha value is -3.27. The predicted molar refractivity (Wildman–Crippen MR) is 110 cm³/mol. The van der Waals surface area contributed by atoms with Crippen molar-refractivity contribution in [2.45, 2.75) is 13.3 Å². The molecular formula is C21H24F3N3O4. The normalized spacial score (nSPS) is 10.7. The molecular weight excluding hydrogens is 415 g/mol. The SMILES string of the molecule is CCCN(CC(=O)Nc1cc(OC)cc(OC)c1)CC(=O)Nc1ccc(F)c(F)c1F. The highest BCUT2D eigenvalue weighted by atomic mass is 19.2. The molecule has 0 saturated carbocycles. The van der Waals surface area contributed by atoms with Crippen LogP contribution in [0.15, 0.2) is 30.3 Å². The Morgan fingerprint density at radius 2 is 1.48 bits per heavy atom. The second kappa shape index (κ2) is 11.2. The van der Waals surface area contributed by atoms with Crippen LogP contribution in [0.5, 0.6) is 11.5 Å². The maximum Gasteiger partial charge on any atom is 0.238 e. The molecule has 2 amide bonds. The topological polar surface area (TPSA) is 79.9 Å². The molecule has 31 heavy (non-hydrogen) atoms. The average molecular weight is 439 g/mol. The number of benzene rings is 2. The number of methoxy groups -OCH3 is 2. The molecule has 0 radical (unpaired) electrons. The molecule has 0 aromatic heterocycles. The lowest BCUT2D eigenvalue weighted by molar-refractivity contribution is -0.120. The van der Waals surface area contributed by atoms with Crippen LogP contribution in [0, 0.1) is 17.5 Å². The summed E-state index contributed by atoms with van der Waals surface area (Å²) in [5.41, 5.74) is -0.0285. The fourth-order valence-electron chi connectivity index (χ4n) is 2.83. The molecule has 0 aliphatic heterocycles. The number of carbonyl (C=O) groups excluding carboxylic acids is 2. The van der Waals surface area contributed by atoms with Crippen molar-refractivity contribution in [2.24, 2.45) is 0 Å². The highest BCUT2D eigenvalue weighted by Crippen LogP contribution is 2.25. The number of hydrogen-bond donors (Lipinski definition) is 2. The maximum absolute atomic E-state index is 13.8. The van der Waals surface area contributed by atoms with Crippen molar-refractivity contribution in [1.29, 1.82) is 0 Å². The van der Waals surface area contributed by atoms with E-state index in [1.807, 2.05) is 6.92 Å². The number of halogens is 3. The molecule has 0 spiro atoms. The smallest absolute Gasteiger partial charge is 0.238 e. The quantitative estimate of drug-likeness (QED) is 0.555. The van der Waals surface area contributed by atoms with Gasteiger partial charge in [-0.1, -0.05) is 6.92 Å². The Kier molecular flexibility index (Phi) is 8.68. The van der Waals surface area contributed by atoms with Crippen molar-refractivity contribution in [3.8, 4) is 11.5 Å². The summed E-state index contributed by atoms with van der Waals surface area (Å²) < 4.78 is 50.4. The molecule has 7 nitrogen and oxygen atoms in total. The zero-order valence-electron chi connectivity index (χ0n) is 17.4. The standard InChI is InChI=1S/C21H24F3N3O4/c1-4-7-27(12-19(29)26-17-6-5-16(22)20(23)21(17)24)11-18(28)25-13-8-14(30-2)10-15(9-13)31-3/h5-6,8-10H,4,7,11-12H2,1-3H3,(H,25,28)(H,26,29). The van der Waals surface area contributed by atoms with Crippen LogP contribution >= 0.6 is 0 Å². The van der Waals surface area contributed by atoms with Gasteiger partial charge in [-0.15, -0.1) is 0 Å².